The molecule has 2 rings (SSSR count). The van der Waals surface area contributed by atoms with Gasteiger partial charge in [0.25, 0.3) is 0 Å². The largest absolute Gasteiger partial charge is 0.399 e. The van der Waals surface area contributed by atoms with Crippen LogP contribution in [0.15, 0.2) is 48.6 Å². The van der Waals surface area contributed by atoms with E-state index in [1.165, 1.54) is 0 Å². The molecule has 0 saturated heterocycles. The zero-order valence-corrected chi connectivity index (χ0v) is 9.34. The van der Waals surface area contributed by atoms with Gasteiger partial charge in [-0.05, 0) is 17.7 Å². The minimum absolute atomic E-state index is 0.284. The van der Waals surface area contributed by atoms with Crippen molar-refractivity contribution in [2.24, 2.45) is 11.5 Å². The number of benzene rings is 1. The first-order chi connectivity index (χ1) is 8.04. The van der Waals surface area contributed by atoms with Crippen LogP contribution in [0.2, 0.25) is 0 Å². The van der Waals surface area contributed by atoms with Gasteiger partial charge in [0, 0.05) is 11.6 Å². The topological polar surface area (TPSA) is 95.1 Å². The number of hydrogen-bond donors (Lipinski definition) is 3. The van der Waals surface area contributed by atoms with Gasteiger partial charge in [0.1, 0.15) is 5.54 Å². The van der Waals surface area contributed by atoms with Crippen LogP contribution >= 0.6 is 0 Å². The summed E-state index contributed by atoms with van der Waals surface area (Å²) in [6.45, 7) is 0. The average Bonchev–Trinajstić information content (AvgIpc) is 2.29. The van der Waals surface area contributed by atoms with Crippen molar-refractivity contribution in [3.05, 3.63) is 54.1 Å². The van der Waals surface area contributed by atoms with Gasteiger partial charge >= 0.3 is 0 Å². The zero-order chi connectivity index (χ0) is 12.5. The smallest absolute Gasteiger partial charge is 0.242 e. The standard InChI is InChI=1S/C13H15N3O/c14-10-5-3-4-9(8-10)11-6-1-2-7-13(11,16)12(15)17/h1-8,11H,14,16H2,(H2,15,17). The van der Waals surface area contributed by atoms with E-state index in [1.54, 1.807) is 24.3 Å². The predicted molar refractivity (Wildman–Crippen MR) is 68.0 cm³/mol. The highest BCUT2D eigenvalue weighted by Gasteiger charge is 2.38. The van der Waals surface area contributed by atoms with E-state index in [9.17, 15) is 4.79 Å². The van der Waals surface area contributed by atoms with E-state index >= 15 is 0 Å². The minimum Gasteiger partial charge on any atom is -0.399 e. The van der Waals surface area contributed by atoms with Crippen LogP contribution in [0.1, 0.15) is 11.5 Å². The quantitative estimate of drug-likeness (QED) is 0.650. The highest BCUT2D eigenvalue weighted by molar-refractivity contribution is 5.89. The molecule has 1 amide bonds. The normalized spacial score (nSPS) is 27.0. The van der Waals surface area contributed by atoms with Crippen LogP contribution in [0.5, 0.6) is 0 Å². The fourth-order valence-corrected chi connectivity index (χ4v) is 2.03. The van der Waals surface area contributed by atoms with E-state index in [4.69, 9.17) is 17.2 Å². The van der Waals surface area contributed by atoms with Crippen molar-refractivity contribution in [3.63, 3.8) is 0 Å². The van der Waals surface area contributed by atoms with E-state index in [1.807, 2.05) is 24.3 Å². The van der Waals surface area contributed by atoms with Crippen molar-refractivity contribution in [2.75, 3.05) is 5.73 Å². The SMILES string of the molecule is NC(=O)C1(N)C=CC=CC1c1cccc(N)c1. The minimum atomic E-state index is -1.19. The van der Waals surface area contributed by atoms with Crippen molar-refractivity contribution in [2.45, 2.75) is 11.5 Å². The highest BCUT2D eigenvalue weighted by Crippen LogP contribution is 2.32. The van der Waals surface area contributed by atoms with Gasteiger partial charge in [-0.25, -0.2) is 0 Å². The molecule has 0 aromatic heterocycles. The molecule has 0 radical (unpaired) electrons. The fourth-order valence-electron chi connectivity index (χ4n) is 2.03. The molecule has 1 aliphatic rings. The zero-order valence-electron chi connectivity index (χ0n) is 9.34. The van der Waals surface area contributed by atoms with E-state index < -0.39 is 11.4 Å². The van der Waals surface area contributed by atoms with Crippen LogP contribution in [-0.4, -0.2) is 11.4 Å². The molecule has 88 valence electrons. The summed E-state index contributed by atoms with van der Waals surface area (Å²) in [5, 5.41) is 0. The van der Waals surface area contributed by atoms with Crippen LogP contribution in [0, 0.1) is 0 Å². The molecular formula is C13H15N3O. The molecule has 0 heterocycles. The molecule has 4 nitrogen and oxygen atoms in total. The lowest BCUT2D eigenvalue weighted by atomic mass is 9.76. The maximum absolute atomic E-state index is 11.5. The van der Waals surface area contributed by atoms with Gasteiger partial charge in [0.05, 0.1) is 0 Å². The second kappa shape index (κ2) is 4.07. The first kappa shape index (κ1) is 11.4. The number of rotatable bonds is 2. The Labute approximate surface area is 99.8 Å². The number of hydrogen-bond acceptors (Lipinski definition) is 3. The summed E-state index contributed by atoms with van der Waals surface area (Å²) in [5.41, 5.74) is 17.5. The Bertz CT molecular complexity index is 507. The highest BCUT2D eigenvalue weighted by atomic mass is 16.1. The Balaban J connectivity index is 2.46. The maximum atomic E-state index is 11.5. The number of nitrogen functional groups attached to an aromatic ring is 1. The Kier molecular flexibility index (Phi) is 2.73. The Morgan fingerprint density at radius 1 is 1.29 bits per heavy atom. The van der Waals surface area contributed by atoms with Crippen molar-refractivity contribution < 1.29 is 4.79 Å². The molecule has 1 aromatic rings. The lowest BCUT2D eigenvalue weighted by molar-refractivity contribution is -0.121. The van der Waals surface area contributed by atoms with Gasteiger partial charge in [-0.1, -0.05) is 36.4 Å². The number of allylic oxidation sites excluding steroid dienone is 2. The lowest BCUT2D eigenvalue weighted by Crippen LogP contribution is -2.55. The second-order valence-electron chi connectivity index (χ2n) is 4.19. The van der Waals surface area contributed by atoms with Crippen LogP contribution in [0.3, 0.4) is 0 Å². The van der Waals surface area contributed by atoms with Crippen molar-refractivity contribution in [1.29, 1.82) is 0 Å². The third-order valence-corrected chi connectivity index (χ3v) is 3.00. The third-order valence-electron chi connectivity index (χ3n) is 3.00. The molecule has 0 spiro atoms. The molecule has 1 aromatic carbocycles. The third kappa shape index (κ3) is 1.94. The van der Waals surface area contributed by atoms with Crippen molar-refractivity contribution in [1.82, 2.24) is 0 Å². The monoisotopic (exact) mass is 229 g/mol. The number of nitrogens with two attached hydrogens (primary N) is 3. The average molecular weight is 229 g/mol. The predicted octanol–water partition coefficient (Wildman–Crippen LogP) is 0.661. The van der Waals surface area contributed by atoms with Crippen LogP contribution in [0.4, 0.5) is 5.69 Å². The molecule has 4 heteroatoms. The summed E-state index contributed by atoms with van der Waals surface area (Å²) in [7, 11) is 0. The summed E-state index contributed by atoms with van der Waals surface area (Å²) in [4.78, 5) is 11.5. The van der Waals surface area contributed by atoms with E-state index in [0.29, 0.717) is 5.69 Å². The Hall–Kier alpha value is -2.07. The van der Waals surface area contributed by atoms with Gasteiger partial charge in [-0.15, -0.1) is 0 Å². The van der Waals surface area contributed by atoms with E-state index in [0.717, 1.165) is 5.56 Å². The summed E-state index contributed by atoms with van der Waals surface area (Å²) in [5.74, 6) is -0.834. The molecule has 2 unspecified atom stereocenters. The van der Waals surface area contributed by atoms with E-state index in [2.05, 4.69) is 0 Å². The summed E-state index contributed by atoms with van der Waals surface area (Å²) in [6, 6.07) is 7.31. The number of carbonyl (C=O) groups is 1. The summed E-state index contributed by atoms with van der Waals surface area (Å²) in [6.07, 6.45) is 7.07. The van der Waals surface area contributed by atoms with Crippen LogP contribution in [-0.2, 0) is 4.79 Å². The molecular weight excluding hydrogens is 214 g/mol. The van der Waals surface area contributed by atoms with Gasteiger partial charge in [-0.2, -0.15) is 0 Å². The molecule has 2 atom stereocenters. The number of primary amides is 1. The number of anilines is 1. The van der Waals surface area contributed by atoms with Gasteiger partial charge in [-0.3, -0.25) is 4.79 Å². The Morgan fingerprint density at radius 3 is 2.71 bits per heavy atom. The van der Waals surface area contributed by atoms with Crippen molar-refractivity contribution >= 4 is 11.6 Å². The molecule has 1 aliphatic carbocycles. The summed E-state index contributed by atoms with van der Waals surface area (Å²) >= 11 is 0. The fraction of sp³-hybridized carbons (Fsp3) is 0.154. The maximum Gasteiger partial charge on any atom is 0.242 e. The molecule has 0 saturated carbocycles. The molecule has 17 heavy (non-hydrogen) atoms. The van der Waals surface area contributed by atoms with E-state index in [-0.39, 0.29) is 5.92 Å². The number of amides is 1. The Morgan fingerprint density at radius 2 is 2.06 bits per heavy atom. The second-order valence-corrected chi connectivity index (χ2v) is 4.19. The van der Waals surface area contributed by atoms with Gasteiger partial charge in [0.2, 0.25) is 5.91 Å². The first-order valence-corrected chi connectivity index (χ1v) is 5.34. The first-order valence-electron chi connectivity index (χ1n) is 5.34. The summed E-state index contributed by atoms with van der Waals surface area (Å²) < 4.78 is 0. The van der Waals surface area contributed by atoms with Crippen LogP contribution in [0.25, 0.3) is 0 Å². The molecule has 6 N–H and O–H groups in total. The van der Waals surface area contributed by atoms with Crippen LogP contribution < -0.4 is 17.2 Å². The molecule has 0 bridgehead atoms. The van der Waals surface area contributed by atoms with Gasteiger partial charge < -0.3 is 17.2 Å². The molecule has 0 aliphatic heterocycles. The lowest BCUT2D eigenvalue weighted by Gasteiger charge is -2.32. The molecule has 0 fully saturated rings. The van der Waals surface area contributed by atoms with Crippen molar-refractivity contribution in [3.8, 4) is 0 Å². The number of carbonyl (C=O) groups excluding carboxylic acids is 1. The van der Waals surface area contributed by atoms with Gasteiger partial charge in [0.15, 0.2) is 0 Å².